The van der Waals surface area contributed by atoms with Gasteiger partial charge in [0, 0.05) is 5.56 Å². The van der Waals surface area contributed by atoms with E-state index in [1.54, 1.807) is 43.6 Å². The first-order chi connectivity index (χ1) is 21.2. The fourth-order valence-electron chi connectivity index (χ4n) is 4.42. The van der Waals surface area contributed by atoms with E-state index in [1.165, 1.54) is 62.8 Å². The number of benzene rings is 2. The molecule has 238 valence electrons. The lowest BCUT2D eigenvalue weighted by molar-refractivity contribution is -0.206. The summed E-state index contributed by atoms with van der Waals surface area (Å²) in [6.45, 7) is 4.60. The number of unbranched alkanes of at least 4 members (excludes halogenated alkanes) is 8. The molecule has 0 radical (unpaired) electrons. The van der Waals surface area contributed by atoms with Gasteiger partial charge in [0.15, 0.2) is 17.7 Å². The van der Waals surface area contributed by atoms with Gasteiger partial charge < -0.3 is 14.2 Å². The van der Waals surface area contributed by atoms with Crippen molar-refractivity contribution in [2.45, 2.75) is 96.8 Å². The van der Waals surface area contributed by atoms with Crippen LogP contribution >= 0.6 is 0 Å². The molecule has 1 aromatic heterocycles. The zero-order chi connectivity index (χ0) is 31.8. The predicted octanol–water partition coefficient (Wildman–Crippen LogP) is 9.16. The molecule has 1 atom stereocenters. The topological polar surface area (TPSA) is 87.6 Å². The Hall–Kier alpha value is -3.95. The Kier molecular flexibility index (Phi) is 14.1. The molecule has 0 fully saturated rings. The molecule has 0 unspecified atom stereocenters. The summed E-state index contributed by atoms with van der Waals surface area (Å²) in [7, 11) is 0. The first-order valence-electron chi connectivity index (χ1n) is 15.4. The Morgan fingerprint density at radius 3 is 1.84 bits per heavy atom. The highest BCUT2D eigenvalue weighted by molar-refractivity contribution is 5.92. The Balaban J connectivity index is 1.46. The molecule has 10 heteroatoms. The largest absolute Gasteiger partial charge is 0.490 e. The average molecular weight is 615 g/mol. The van der Waals surface area contributed by atoms with Crippen molar-refractivity contribution in [2.75, 3.05) is 6.61 Å². The van der Waals surface area contributed by atoms with Gasteiger partial charge in [-0.15, -0.1) is 0 Å². The zero-order valence-corrected chi connectivity index (χ0v) is 25.4. The van der Waals surface area contributed by atoms with Crippen LogP contribution in [0.1, 0.15) is 105 Å². The molecule has 1 heterocycles. The van der Waals surface area contributed by atoms with E-state index in [0.717, 1.165) is 12.8 Å². The van der Waals surface area contributed by atoms with Gasteiger partial charge in [0.25, 0.3) is 0 Å². The number of ether oxygens (including phenoxy) is 3. The summed E-state index contributed by atoms with van der Waals surface area (Å²) in [5.41, 5.74) is 0.895. The van der Waals surface area contributed by atoms with Crippen LogP contribution in [0.3, 0.4) is 0 Å². The van der Waals surface area contributed by atoms with Crippen molar-refractivity contribution in [3.63, 3.8) is 0 Å². The quantitative estimate of drug-likeness (QED) is 0.0802. The number of carbonyl (C=O) groups is 2. The Labute approximate surface area is 257 Å². The third kappa shape index (κ3) is 11.6. The summed E-state index contributed by atoms with van der Waals surface area (Å²) in [5, 5.41) is 0. The van der Waals surface area contributed by atoms with Gasteiger partial charge in [0.05, 0.1) is 30.1 Å². The van der Waals surface area contributed by atoms with Crippen LogP contribution in [0.15, 0.2) is 60.9 Å². The molecule has 44 heavy (non-hydrogen) atoms. The van der Waals surface area contributed by atoms with Crippen LogP contribution in [0.4, 0.5) is 13.2 Å². The molecular formula is C34H41F3N2O5. The van der Waals surface area contributed by atoms with E-state index in [0.29, 0.717) is 30.2 Å². The fraction of sp³-hybridized carbons (Fsp3) is 0.471. The molecule has 2 aromatic carbocycles. The molecule has 0 N–H and O–H groups in total. The molecule has 0 aliphatic heterocycles. The second-order valence-electron chi connectivity index (χ2n) is 10.6. The Morgan fingerprint density at radius 2 is 1.25 bits per heavy atom. The van der Waals surface area contributed by atoms with Crippen molar-refractivity contribution >= 4 is 11.9 Å². The molecule has 0 saturated carbocycles. The van der Waals surface area contributed by atoms with Gasteiger partial charge >= 0.3 is 18.1 Å². The van der Waals surface area contributed by atoms with Crippen LogP contribution in [-0.4, -0.2) is 40.8 Å². The van der Waals surface area contributed by atoms with Gasteiger partial charge in [-0.05, 0) is 55.7 Å². The van der Waals surface area contributed by atoms with Crippen LogP contribution < -0.4 is 9.47 Å². The molecule has 3 aromatic rings. The molecule has 0 amide bonds. The molecule has 0 saturated heterocycles. The lowest BCUT2D eigenvalue weighted by Gasteiger charge is -2.20. The van der Waals surface area contributed by atoms with Crippen LogP contribution in [0, 0.1) is 0 Å². The van der Waals surface area contributed by atoms with E-state index in [2.05, 4.69) is 16.9 Å². The molecule has 3 rings (SSSR count). The summed E-state index contributed by atoms with van der Waals surface area (Å²) >= 11 is 0. The van der Waals surface area contributed by atoms with Crippen molar-refractivity contribution in [3.05, 3.63) is 72.1 Å². The number of hydrogen-bond donors (Lipinski definition) is 0. The summed E-state index contributed by atoms with van der Waals surface area (Å²) in [4.78, 5) is 33.6. The number of alkyl halides is 3. The van der Waals surface area contributed by atoms with Crippen molar-refractivity contribution < 1.29 is 37.0 Å². The van der Waals surface area contributed by atoms with Gasteiger partial charge in [-0.25, -0.2) is 19.6 Å². The van der Waals surface area contributed by atoms with E-state index in [1.807, 2.05) is 0 Å². The van der Waals surface area contributed by atoms with E-state index in [-0.39, 0.29) is 29.7 Å². The number of nitrogens with zero attached hydrogens (tertiary/aromatic N) is 2. The molecular weight excluding hydrogens is 573 g/mol. The minimum atomic E-state index is -4.65. The molecule has 7 nitrogen and oxygen atoms in total. The van der Waals surface area contributed by atoms with Crippen molar-refractivity contribution in [2.24, 2.45) is 0 Å². The van der Waals surface area contributed by atoms with Crippen LogP contribution in [0.2, 0.25) is 0 Å². The first-order valence-corrected chi connectivity index (χ1v) is 15.4. The fourth-order valence-corrected chi connectivity index (χ4v) is 4.42. The Bertz CT molecular complexity index is 1280. The van der Waals surface area contributed by atoms with E-state index < -0.39 is 24.2 Å². The van der Waals surface area contributed by atoms with Gasteiger partial charge in [-0.2, -0.15) is 13.2 Å². The van der Waals surface area contributed by atoms with E-state index in [9.17, 15) is 22.8 Å². The van der Waals surface area contributed by atoms with Crippen LogP contribution in [0.25, 0.3) is 11.4 Å². The maximum absolute atomic E-state index is 13.2. The third-order valence-electron chi connectivity index (χ3n) is 7.01. The summed E-state index contributed by atoms with van der Waals surface area (Å²) in [6, 6.07) is 11.7. The van der Waals surface area contributed by atoms with Crippen LogP contribution in [0.5, 0.6) is 11.5 Å². The average Bonchev–Trinajstić information content (AvgIpc) is 3.02. The van der Waals surface area contributed by atoms with Gasteiger partial charge in [0.2, 0.25) is 0 Å². The summed E-state index contributed by atoms with van der Waals surface area (Å²) in [5.74, 6) is -0.529. The molecule has 0 spiro atoms. The zero-order valence-electron chi connectivity index (χ0n) is 25.4. The minimum Gasteiger partial charge on any atom is -0.490 e. The highest BCUT2D eigenvalue weighted by Crippen LogP contribution is 2.28. The number of halogens is 3. The Morgan fingerprint density at radius 1 is 0.705 bits per heavy atom. The summed E-state index contributed by atoms with van der Waals surface area (Å²) < 4.78 is 55.4. The highest BCUT2D eigenvalue weighted by atomic mass is 19.4. The number of rotatable bonds is 18. The lowest BCUT2D eigenvalue weighted by Crippen LogP contribution is -2.33. The standard InChI is InChI=1S/C34H41F3N2O5/c1-3-5-7-8-9-10-11-12-22-42-29-23-38-31(39-24-29)25-14-16-26(17-15-25)32(40)43-28-20-18-27(19-21-28)33(41)44-30(13-6-4-2)34(35,36)37/h14-21,23-24,30H,3-13,22H2,1-2H3/t30-/m0/s1. The minimum absolute atomic E-state index is 0.0792. The second-order valence-corrected chi connectivity index (χ2v) is 10.6. The lowest BCUT2D eigenvalue weighted by atomic mass is 10.1. The maximum atomic E-state index is 13.2. The normalized spacial score (nSPS) is 12.0. The van der Waals surface area contributed by atoms with Crippen molar-refractivity contribution in [1.29, 1.82) is 0 Å². The third-order valence-corrected chi connectivity index (χ3v) is 7.01. The molecule has 0 aliphatic carbocycles. The number of esters is 2. The SMILES string of the molecule is CCCCCCCCCCOc1cnc(-c2ccc(C(=O)Oc3ccc(C(=O)O[C@@H](CCCC)C(F)(F)F)cc3)cc2)nc1. The predicted molar refractivity (Wildman–Crippen MR) is 162 cm³/mol. The number of hydrogen-bond acceptors (Lipinski definition) is 7. The maximum Gasteiger partial charge on any atom is 0.425 e. The number of carbonyl (C=O) groups excluding carboxylic acids is 2. The van der Waals surface area contributed by atoms with Gasteiger partial charge in [-0.3, -0.25) is 0 Å². The second kappa shape index (κ2) is 18.0. The van der Waals surface area contributed by atoms with Gasteiger partial charge in [-0.1, -0.05) is 77.3 Å². The van der Waals surface area contributed by atoms with E-state index in [4.69, 9.17) is 14.2 Å². The van der Waals surface area contributed by atoms with E-state index >= 15 is 0 Å². The highest BCUT2D eigenvalue weighted by Gasteiger charge is 2.42. The van der Waals surface area contributed by atoms with Gasteiger partial charge in [0.1, 0.15) is 5.75 Å². The van der Waals surface area contributed by atoms with Crippen molar-refractivity contribution in [1.82, 2.24) is 9.97 Å². The molecule has 0 bridgehead atoms. The number of aromatic nitrogens is 2. The van der Waals surface area contributed by atoms with Crippen molar-refractivity contribution in [3.8, 4) is 22.9 Å². The monoisotopic (exact) mass is 614 g/mol. The smallest absolute Gasteiger partial charge is 0.425 e. The first kappa shape index (κ1) is 34.5. The molecule has 0 aliphatic rings. The summed E-state index contributed by atoms with van der Waals surface area (Å²) in [6.07, 6.45) is 6.80. The van der Waals surface area contributed by atoms with Crippen LogP contribution in [-0.2, 0) is 4.74 Å².